The molecule has 10 heteroatoms. The molecule has 2 N–H and O–H groups in total. The predicted molar refractivity (Wildman–Crippen MR) is 155 cm³/mol. The second-order valence-corrected chi connectivity index (χ2v) is 12.0. The Bertz CT molecular complexity index is 1430. The van der Waals surface area contributed by atoms with E-state index < -0.39 is 30.1 Å². The van der Waals surface area contributed by atoms with Gasteiger partial charge < -0.3 is 20.1 Å². The molecule has 1 saturated carbocycles. The van der Waals surface area contributed by atoms with E-state index in [9.17, 15) is 19.5 Å². The maximum Gasteiger partial charge on any atom is 0.338 e. The summed E-state index contributed by atoms with van der Waals surface area (Å²) >= 11 is 14.4. The van der Waals surface area contributed by atoms with Crippen LogP contribution >= 0.6 is 34.5 Å². The molecule has 5 rings (SSSR count). The number of benzene rings is 2. The van der Waals surface area contributed by atoms with Crippen molar-refractivity contribution in [2.75, 3.05) is 13.7 Å². The molecule has 3 aromatic rings. The van der Waals surface area contributed by atoms with Gasteiger partial charge in [-0.15, -0.1) is 11.3 Å². The first-order valence-corrected chi connectivity index (χ1v) is 14.9. The van der Waals surface area contributed by atoms with E-state index in [2.05, 4.69) is 5.32 Å². The van der Waals surface area contributed by atoms with Gasteiger partial charge in [0.05, 0.1) is 36.8 Å². The molecule has 4 atom stereocenters. The molecule has 0 saturated heterocycles. The fraction of sp³-hybridized carbons (Fsp3) is 0.367. The summed E-state index contributed by atoms with van der Waals surface area (Å²) in [5.41, 5.74) is 2.15. The lowest BCUT2D eigenvalue weighted by Crippen LogP contribution is -2.55. The van der Waals surface area contributed by atoms with Crippen LogP contribution in [0.1, 0.15) is 74.4 Å². The van der Waals surface area contributed by atoms with Gasteiger partial charge in [-0.1, -0.05) is 60.3 Å². The van der Waals surface area contributed by atoms with Gasteiger partial charge in [-0.25, -0.2) is 4.79 Å². The van der Waals surface area contributed by atoms with E-state index in [1.165, 1.54) is 18.4 Å². The number of nitrogens with zero attached hydrogens (tertiary/aromatic N) is 1. The molecular weight excluding hydrogens is 571 g/mol. The topological polar surface area (TPSA) is 95.9 Å². The fourth-order valence-electron chi connectivity index (χ4n) is 5.84. The number of aliphatic hydroxyl groups is 1. The first kappa shape index (κ1) is 28.6. The number of hydrogen-bond acceptors (Lipinski definition) is 6. The summed E-state index contributed by atoms with van der Waals surface area (Å²) < 4.78 is 4.78. The van der Waals surface area contributed by atoms with E-state index in [4.69, 9.17) is 27.9 Å². The molecule has 2 amide bonds. The van der Waals surface area contributed by atoms with Gasteiger partial charge in [0.25, 0.3) is 5.91 Å². The molecule has 1 fully saturated rings. The number of thiophene rings is 1. The molecule has 0 radical (unpaired) electrons. The van der Waals surface area contributed by atoms with Crippen LogP contribution in [0, 0.1) is 0 Å². The van der Waals surface area contributed by atoms with Crippen LogP contribution in [0.15, 0.2) is 53.9 Å². The number of methoxy groups -OCH3 is 1. The Morgan fingerprint density at radius 3 is 2.62 bits per heavy atom. The van der Waals surface area contributed by atoms with Gasteiger partial charge in [0.1, 0.15) is 0 Å². The number of amides is 2. The number of carbonyl (C=O) groups is 3. The predicted octanol–water partition coefficient (Wildman–Crippen LogP) is 5.78. The van der Waals surface area contributed by atoms with Crippen LogP contribution in [0.25, 0.3) is 0 Å². The molecule has 1 aromatic heterocycles. The summed E-state index contributed by atoms with van der Waals surface area (Å²) in [7, 11) is 1.34. The van der Waals surface area contributed by atoms with E-state index >= 15 is 0 Å². The van der Waals surface area contributed by atoms with Crippen molar-refractivity contribution in [2.24, 2.45) is 0 Å². The third-order valence-corrected chi connectivity index (χ3v) is 9.30. The molecule has 0 bridgehead atoms. The lowest BCUT2D eigenvalue weighted by atomic mass is 9.76. The minimum Gasteiger partial charge on any atom is -0.465 e. The molecule has 0 unspecified atom stereocenters. The zero-order chi connectivity index (χ0) is 28.4. The number of nitrogens with one attached hydrogen (secondary N) is 1. The lowest BCUT2D eigenvalue weighted by Gasteiger charge is -2.48. The summed E-state index contributed by atoms with van der Waals surface area (Å²) in [5, 5.41) is 16.6. The highest BCUT2D eigenvalue weighted by Crippen LogP contribution is 2.47. The highest BCUT2D eigenvalue weighted by atomic mass is 35.5. The number of fused-ring (bicyclic) bond motifs is 1. The minimum absolute atomic E-state index is 0.226. The fourth-order valence-corrected chi connectivity index (χ4v) is 7.22. The van der Waals surface area contributed by atoms with Crippen molar-refractivity contribution in [3.05, 3.63) is 91.1 Å². The van der Waals surface area contributed by atoms with E-state index in [1.807, 2.05) is 12.1 Å². The van der Waals surface area contributed by atoms with E-state index in [0.29, 0.717) is 58.1 Å². The second-order valence-electron chi connectivity index (χ2n) is 10.1. The van der Waals surface area contributed by atoms with Crippen molar-refractivity contribution in [1.82, 2.24) is 10.2 Å². The van der Waals surface area contributed by atoms with E-state index in [1.54, 1.807) is 46.7 Å². The van der Waals surface area contributed by atoms with Crippen molar-refractivity contribution in [3.8, 4) is 0 Å². The van der Waals surface area contributed by atoms with Gasteiger partial charge in [-0.2, -0.15) is 0 Å². The van der Waals surface area contributed by atoms with Crippen LogP contribution in [0.2, 0.25) is 10.0 Å². The van der Waals surface area contributed by atoms with Gasteiger partial charge in [0.2, 0.25) is 5.91 Å². The molecule has 1 aliphatic heterocycles. The average molecular weight is 602 g/mol. The van der Waals surface area contributed by atoms with Gasteiger partial charge in [0, 0.05) is 32.4 Å². The normalized spacial score (nSPS) is 22.5. The Morgan fingerprint density at radius 2 is 1.88 bits per heavy atom. The largest absolute Gasteiger partial charge is 0.465 e. The van der Waals surface area contributed by atoms with Crippen molar-refractivity contribution in [2.45, 2.75) is 56.2 Å². The van der Waals surface area contributed by atoms with Crippen LogP contribution < -0.4 is 5.32 Å². The standard InChI is InChI=1S/C30H30Cl2N2O5S/c1-39-30(38)17-14-19(40-16-17)12-13-33-28(36)26-20-6-2-3-7-21(20)29(37)34(24-8-4-5-9-25(24)35)27(26)22-11-10-18(31)15-23(22)32/h2-3,6-7,10-11,14-16,24-27,35H,4-5,8-9,12-13H2,1H3,(H,33,36)/t24-,25-,26+,27-/m0/s1. The number of halogens is 2. The van der Waals surface area contributed by atoms with Crippen molar-refractivity contribution >= 4 is 52.3 Å². The summed E-state index contributed by atoms with van der Waals surface area (Å²) in [6.45, 7) is 0.333. The number of hydrogen-bond donors (Lipinski definition) is 2. The molecule has 1 aliphatic carbocycles. The molecular formula is C30H30Cl2N2O5S. The number of rotatable bonds is 7. The number of carbonyl (C=O) groups excluding carboxylic acids is 3. The summed E-state index contributed by atoms with van der Waals surface area (Å²) in [6, 6.07) is 12.8. The Morgan fingerprint density at radius 1 is 1.10 bits per heavy atom. The van der Waals surface area contributed by atoms with Gasteiger partial charge >= 0.3 is 5.97 Å². The summed E-state index contributed by atoms with van der Waals surface area (Å²) in [6.07, 6.45) is 2.79. The number of aliphatic hydroxyl groups excluding tert-OH is 1. The molecule has 2 heterocycles. The minimum atomic E-state index is -0.768. The van der Waals surface area contributed by atoms with Crippen LogP contribution in [0.3, 0.4) is 0 Å². The van der Waals surface area contributed by atoms with Gasteiger partial charge in [-0.05, 0) is 54.7 Å². The molecule has 2 aliphatic rings. The van der Waals surface area contributed by atoms with E-state index in [-0.39, 0.29) is 11.8 Å². The monoisotopic (exact) mass is 600 g/mol. The van der Waals surface area contributed by atoms with Gasteiger partial charge in [0.15, 0.2) is 0 Å². The van der Waals surface area contributed by atoms with Crippen LogP contribution in [-0.4, -0.2) is 53.6 Å². The second kappa shape index (κ2) is 12.3. The first-order chi connectivity index (χ1) is 19.3. The van der Waals surface area contributed by atoms with Crippen molar-refractivity contribution < 1.29 is 24.2 Å². The molecule has 210 valence electrons. The first-order valence-electron chi connectivity index (χ1n) is 13.3. The smallest absolute Gasteiger partial charge is 0.338 e. The third kappa shape index (κ3) is 5.63. The molecule has 2 aromatic carbocycles. The molecule has 7 nitrogen and oxygen atoms in total. The Balaban J connectivity index is 1.51. The maximum absolute atomic E-state index is 14.1. The van der Waals surface area contributed by atoms with Crippen LogP contribution in [-0.2, 0) is 16.0 Å². The highest BCUT2D eigenvalue weighted by molar-refractivity contribution is 7.10. The Kier molecular flexibility index (Phi) is 8.80. The maximum atomic E-state index is 14.1. The van der Waals surface area contributed by atoms with Crippen molar-refractivity contribution in [3.63, 3.8) is 0 Å². The van der Waals surface area contributed by atoms with E-state index in [0.717, 1.165) is 17.7 Å². The quantitative estimate of drug-likeness (QED) is 0.335. The van der Waals surface area contributed by atoms with Gasteiger partial charge in [-0.3, -0.25) is 9.59 Å². The third-order valence-electron chi connectivity index (χ3n) is 7.74. The van der Waals surface area contributed by atoms with Crippen molar-refractivity contribution in [1.29, 1.82) is 0 Å². The summed E-state index contributed by atoms with van der Waals surface area (Å²) in [5.74, 6) is -1.65. The molecule has 0 spiro atoms. The highest BCUT2D eigenvalue weighted by Gasteiger charge is 2.48. The molecule has 40 heavy (non-hydrogen) atoms. The summed E-state index contributed by atoms with van der Waals surface area (Å²) in [4.78, 5) is 42.5. The average Bonchev–Trinajstić information content (AvgIpc) is 3.42. The van der Waals surface area contributed by atoms with Crippen LogP contribution in [0.4, 0.5) is 0 Å². The Labute approximate surface area is 247 Å². The SMILES string of the molecule is COC(=O)c1csc(CCNC(=O)[C@@H]2c3ccccc3C(=O)N([C@H]3CCCC[C@@H]3O)[C@H]2c2ccc(Cl)cc2Cl)c1. The lowest BCUT2D eigenvalue weighted by molar-refractivity contribution is -0.125. The number of ether oxygens (including phenoxy) is 1. The zero-order valence-electron chi connectivity index (χ0n) is 21.9. The number of esters is 1. The zero-order valence-corrected chi connectivity index (χ0v) is 24.3. The van der Waals surface area contributed by atoms with Crippen LogP contribution in [0.5, 0.6) is 0 Å². The Hall–Kier alpha value is -2.91.